The largest absolute Gasteiger partial charge is 0.425 e. The van der Waals surface area contributed by atoms with Gasteiger partial charge in [0, 0.05) is 111 Å². The Morgan fingerprint density at radius 1 is 0.679 bits per heavy atom. The highest BCUT2D eigenvalue weighted by Gasteiger charge is 2.45. The first-order valence-electron chi connectivity index (χ1n) is 35.6. The van der Waals surface area contributed by atoms with Crippen LogP contribution in [0.3, 0.4) is 0 Å². The molecule has 0 fully saturated rings. The summed E-state index contributed by atoms with van der Waals surface area (Å²) in [5.41, 5.74) is 14.6. The van der Waals surface area contributed by atoms with E-state index in [1.807, 2.05) is 53.2 Å². The number of carbonyl (C=O) groups is 3. The molecule has 0 radical (unpaired) electrons. The predicted octanol–water partition coefficient (Wildman–Crippen LogP) is 12.7. The number of amides is 2. The smallest absolute Gasteiger partial charge is 0.379 e. The van der Waals surface area contributed by atoms with E-state index in [1.54, 1.807) is 29.2 Å². The average molecular weight is 1530 g/mol. The summed E-state index contributed by atoms with van der Waals surface area (Å²) in [5.74, 6) is -0.205. The Hall–Kier alpha value is -8.74. The van der Waals surface area contributed by atoms with Gasteiger partial charge in [0.05, 0.1) is 46.3 Å². The van der Waals surface area contributed by atoms with Crippen LogP contribution in [-0.2, 0) is 95.7 Å². The molecule has 0 saturated carbocycles. The van der Waals surface area contributed by atoms with Gasteiger partial charge in [0.25, 0.3) is 20.2 Å². The van der Waals surface area contributed by atoms with Crippen LogP contribution < -0.4 is 15.1 Å². The van der Waals surface area contributed by atoms with Crippen LogP contribution in [0.2, 0.25) is 0 Å². The lowest BCUT2D eigenvalue weighted by Crippen LogP contribution is -2.32. The quantitative estimate of drug-likeness (QED) is 0.0223. The molecule has 28 heteroatoms. The summed E-state index contributed by atoms with van der Waals surface area (Å²) in [6, 6.07) is 33.8. The molecule has 1 aromatic heterocycles. The van der Waals surface area contributed by atoms with Gasteiger partial charge in [-0.3, -0.25) is 23.5 Å². The Morgan fingerprint density at radius 2 is 1.32 bits per heavy atom. The Bertz CT molecular complexity index is 4840. The number of benzene rings is 5. The van der Waals surface area contributed by atoms with Gasteiger partial charge in [-0.2, -0.15) is 21.4 Å². The first-order chi connectivity index (χ1) is 50.2. The number of ether oxygens (including phenoxy) is 2. The van der Waals surface area contributed by atoms with Gasteiger partial charge in [-0.25, -0.2) is 4.68 Å². The summed E-state index contributed by atoms with van der Waals surface area (Å²) >= 11 is 0. The van der Waals surface area contributed by atoms with Gasteiger partial charge in [-0.1, -0.05) is 133 Å². The van der Waals surface area contributed by atoms with E-state index in [2.05, 4.69) is 131 Å². The fourth-order valence-electron chi connectivity index (χ4n) is 14.0. The topological polar surface area (TPSA) is 333 Å². The van der Waals surface area contributed by atoms with Crippen molar-refractivity contribution in [1.82, 2.24) is 20.3 Å². The van der Waals surface area contributed by atoms with Crippen LogP contribution in [0.15, 0.2) is 160 Å². The Morgan fingerprint density at radius 3 is 1.98 bits per heavy atom. The summed E-state index contributed by atoms with van der Waals surface area (Å²) in [6.45, 7) is 23.8. The molecule has 3 aliphatic heterocycles. The van der Waals surface area contributed by atoms with Crippen molar-refractivity contribution in [1.29, 1.82) is 0 Å². The van der Waals surface area contributed by atoms with Gasteiger partial charge in [-0.05, 0) is 152 Å². The lowest BCUT2D eigenvalue weighted by atomic mass is 9.79. The maximum Gasteiger partial charge on any atom is 0.425 e. The molecule has 0 unspecified atom stereocenters. The number of Topliss-reactive ketones (excluding diaryl/α,β-unsaturated/α-hetero) is 1. The van der Waals surface area contributed by atoms with Crippen LogP contribution >= 0.6 is 0 Å². The lowest BCUT2D eigenvalue weighted by Gasteiger charge is -2.28. The summed E-state index contributed by atoms with van der Waals surface area (Å²) in [7, 11) is -15.1. The van der Waals surface area contributed by atoms with Crippen LogP contribution in [-0.4, -0.2) is 140 Å². The fourth-order valence-corrected chi connectivity index (χ4v) is 15.0. The summed E-state index contributed by atoms with van der Waals surface area (Å²) in [6.07, 6.45) is 16.4. The maximum absolute atomic E-state index is 14.2. The van der Waals surface area contributed by atoms with E-state index in [1.165, 1.54) is 12.1 Å². The number of hydrogen-bond donors (Lipinski definition) is 3. The zero-order valence-corrected chi connectivity index (χ0v) is 64.9. The monoisotopic (exact) mass is 1530 g/mol. The number of hydrogen-bond acceptors (Lipinski definition) is 18. The van der Waals surface area contributed by atoms with E-state index < -0.39 is 52.3 Å². The van der Waals surface area contributed by atoms with Gasteiger partial charge in [0.2, 0.25) is 17.5 Å². The average Bonchev–Trinajstić information content (AvgIpc) is 1.58. The SMILES string of the molecule is CCCN1C(=CC=C2CCCC(C=CC3=[N+](CCC)c4ccc(S(=O)(=O)O)cc4C3(C)C)=C2c2ccc(CCC(=O)NCCCn3nnc4c3-c3ccccc3CN(C(=O)CCC(=O)CCCOCCOCCC(C)(C)C)c3ccccc3-4)cc2)C(C)(C)c2cc(S(=O)(=O)O)ccc21.O=S(=O)=O.O=S(=O)=O. The number of nitrogens with one attached hydrogen (secondary N) is 1. The van der Waals surface area contributed by atoms with Crippen molar-refractivity contribution in [3.05, 3.63) is 178 Å². The molecular formula is C78H96N7O17S4+. The van der Waals surface area contributed by atoms with Crippen molar-refractivity contribution in [3.8, 4) is 22.5 Å². The first-order valence-corrected chi connectivity index (χ1v) is 40.5. The summed E-state index contributed by atoms with van der Waals surface area (Å²) in [4.78, 5) is 44.6. The van der Waals surface area contributed by atoms with E-state index in [0.29, 0.717) is 96.2 Å². The summed E-state index contributed by atoms with van der Waals surface area (Å²) in [5, 5.41) is 12.5. The molecule has 0 saturated heterocycles. The highest BCUT2D eigenvalue weighted by molar-refractivity contribution is 7.86. The van der Waals surface area contributed by atoms with Crippen molar-refractivity contribution in [2.24, 2.45) is 5.41 Å². The van der Waals surface area contributed by atoms with Crippen molar-refractivity contribution >= 4 is 87.4 Å². The molecule has 568 valence electrons. The number of nitrogens with zero attached hydrogens (tertiary/aromatic N) is 6. The van der Waals surface area contributed by atoms with Crippen LogP contribution in [0.1, 0.15) is 167 Å². The predicted molar refractivity (Wildman–Crippen MR) is 405 cm³/mol. The van der Waals surface area contributed by atoms with Gasteiger partial charge in [-0.15, -0.1) is 30.4 Å². The number of rotatable bonds is 29. The van der Waals surface area contributed by atoms with Crippen molar-refractivity contribution < 1.29 is 79.6 Å². The van der Waals surface area contributed by atoms with Crippen molar-refractivity contribution in [2.45, 2.75) is 179 Å². The number of allylic oxidation sites excluding steroid dienone is 8. The lowest BCUT2D eigenvalue weighted by molar-refractivity contribution is -0.437. The second kappa shape index (κ2) is 36.7. The first kappa shape index (κ1) is 82.9. The Kier molecular flexibility index (Phi) is 28.7. The van der Waals surface area contributed by atoms with Crippen LogP contribution in [0, 0.1) is 5.41 Å². The third-order valence-corrected chi connectivity index (χ3v) is 20.9. The van der Waals surface area contributed by atoms with Gasteiger partial charge < -0.3 is 24.6 Å². The molecule has 2 amide bonds. The Balaban J connectivity index is 0.00000169. The van der Waals surface area contributed by atoms with Gasteiger partial charge in [0.1, 0.15) is 18.0 Å². The second-order valence-corrected chi connectivity index (χ2v) is 32.4. The summed E-state index contributed by atoms with van der Waals surface area (Å²) < 4.78 is 136. The minimum atomic E-state index is -4.44. The minimum absolute atomic E-state index is 0.0204. The number of aromatic nitrogens is 3. The number of fused-ring (bicyclic) bond motifs is 7. The molecule has 0 bridgehead atoms. The van der Waals surface area contributed by atoms with Crippen molar-refractivity contribution in [2.75, 3.05) is 55.9 Å². The number of anilines is 2. The zero-order valence-electron chi connectivity index (χ0n) is 61.6. The van der Waals surface area contributed by atoms with Crippen LogP contribution in [0.25, 0.3) is 28.1 Å². The molecule has 1 aliphatic carbocycles. The van der Waals surface area contributed by atoms with E-state index in [9.17, 15) is 40.3 Å². The molecule has 0 spiro atoms. The van der Waals surface area contributed by atoms with Gasteiger partial charge >= 0.3 is 21.2 Å². The number of aryl methyl sites for hydroxylation is 2. The molecule has 106 heavy (non-hydrogen) atoms. The number of ketones is 1. The zero-order chi connectivity index (χ0) is 77.3. The molecule has 5 aromatic carbocycles. The molecule has 4 aliphatic rings. The van der Waals surface area contributed by atoms with E-state index in [4.69, 9.17) is 39.8 Å². The third kappa shape index (κ3) is 21.5. The van der Waals surface area contributed by atoms with Gasteiger partial charge in [0.15, 0.2) is 5.71 Å². The minimum Gasteiger partial charge on any atom is -0.379 e. The van der Waals surface area contributed by atoms with Crippen LogP contribution in [0.5, 0.6) is 0 Å². The molecule has 6 aromatic rings. The standard InChI is InChI=1S/C78H95N7O11S2.2O3S/c1-10-44-82-67-36-34-60(97(89,90)91)51-64(67)77(6,7)69(82)38-31-55-20-16-21-56(32-39-70-78(8,9)65-52-61(98(92,93)94)35-37-68(65)83(70)45-11-2)73(55)57-29-26-54(27-30-57)28-40-71(87)79-43-18-46-85-75-62-23-13-12-19-58(62)53-84(66-25-15-14-24-63(66)74(75)80-81-85)72(88)41-33-59(86)22-17-47-95-49-50-96-48-42-76(3,4)5;2*1-4(2)3/h12-15,19,23-27,29-32,34-39,51-52H,10-11,16-18,20-22,28,33,40-50,53H2,1-9H3,(H2-,79,87,89,90,91,92,93,94);;/p+1. The van der Waals surface area contributed by atoms with E-state index in [-0.39, 0.29) is 52.1 Å². The third-order valence-electron chi connectivity index (χ3n) is 19.2. The number of carbonyl (C=O) groups excluding carboxylic acids is 3. The van der Waals surface area contributed by atoms with E-state index >= 15 is 0 Å². The van der Waals surface area contributed by atoms with E-state index in [0.717, 1.165) is 123 Å². The fraction of sp³-hybridized carbons (Fsp3) is 0.436. The Labute approximate surface area is 625 Å². The molecule has 10 rings (SSSR count). The normalized spacial score (nSPS) is 15.9. The molecule has 24 nitrogen and oxygen atoms in total. The highest BCUT2D eigenvalue weighted by atomic mass is 32.2. The second-order valence-electron chi connectivity index (χ2n) is 28.7. The highest BCUT2D eigenvalue weighted by Crippen LogP contribution is 2.50. The molecule has 3 N–H and O–H groups in total. The molecule has 0 atom stereocenters. The molecular weight excluding hydrogens is 1440 g/mol. The maximum atomic E-state index is 14.2. The number of para-hydroxylation sites is 1. The van der Waals surface area contributed by atoms with Crippen molar-refractivity contribution in [3.63, 3.8) is 0 Å². The molecule has 4 heterocycles. The van der Waals surface area contributed by atoms with Crippen LogP contribution in [0.4, 0.5) is 17.1 Å².